The molecule has 0 radical (unpaired) electrons. The fourth-order valence-corrected chi connectivity index (χ4v) is 2.11. The molecule has 0 bridgehead atoms. The molecule has 5 heteroatoms. The number of benzene rings is 2. The van der Waals surface area contributed by atoms with Gasteiger partial charge >= 0.3 is 0 Å². The Bertz CT molecular complexity index is 652. The molecular weight excluding hydrogens is 360 g/mol. The van der Waals surface area contributed by atoms with Gasteiger partial charge in [0.15, 0.2) is 11.5 Å². The number of methoxy groups -OCH3 is 1. The lowest BCUT2D eigenvalue weighted by molar-refractivity contribution is 0.375. The predicted molar refractivity (Wildman–Crippen MR) is 76.9 cm³/mol. The second-order valence-electron chi connectivity index (χ2n) is 3.65. The topological polar surface area (TPSA) is 42.2 Å². The van der Waals surface area contributed by atoms with Gasteiger partial charge in [-0.15, -0.1) is 0 Å². The van der Waals surface area contributed by atoms with E-state index in [0.29, 0.717) is 22.8 Å². The van der Waals surface area contributed by atoms with Crippen molar-refractivity contribution < 1.29 is 13.9 Å². The number of nitrogens with zero attached hydrogens (tertiary/aromatic N) is 1. The van der Waals surface area contributed by atoms with E-state index in [0.717, 1.165) is 3.57 Å². The van der Waals surface area contributed by atoms with E-state index in [1.54, 1.807) is 18.2 Å². The summed E-state index contributed by atoms with van der Waals surface area (Å²) in [6.45, 7) is 0. The van der Waals surface area contributed by atoms with E-state index in [-0.39, 0.29) is 0 Å². The Morgan fingerprint density at radius 2 is 1.95 bits per heavy atom. The summed E-state index contributed by atoms with van der Waals surface area (Å²) in [6.07, 6.45) is 0. The largest absolute Gasteiger partial charge is 0.493 e. The average molecular weight is 369 g/mol. The van der Waals surface area contributed by atoms with Crippen LogP contribution < -0.4 is 9.47 Å². The van der Waals surface area contributed by atoms with Gasteiger partial charge in [0.25, 0.3) is 0 Å². The summed E-state index contributed by atoms with van der Waals surface area (Å²) in [5.74, 6) is 0.913. The second kappa shape index (κ2) is 5.89. The molecule has 0 saturated heterocycles. The first-order valence-corrected chi connectivity index (χ1v) is 6.43. The molecule has 0 N–H and O–H groups in total. The highest BCUT2D eigenvalue weighted by Crippen LogP contribution is 2.32. The van der Waals surface area contributed by atoms with E-state index in [1.165, 1.54) is 25.3 Å². The number of hydrogen-bond donors (Lipinski definition) is 0. The van der Waals surface area contributed by atoms with Crippen LogP contribution >= 0.6 is 22.6 Å². The Balaban J connectivity index is 2.31. The molecule has 0 aromatic heterocycles. The number of nitriles is 1. The van der Waals surface area contributed by atoms with Crippen molar-refractivity contribution in [1.29, 1.82) is 5.26 Å². The van der Waals surface area contributed by atoms with Gasteiger partial charge in [-0.05, 0) is 52.9 Å². The Hall–Kier alpha value is -1.81. The van der Waals surface area contributed by atoms with Crippen molar-refractivity contribution in [3.05, 3.63) is 51.3 Å². The van der Waals surface area contributed by atoms with Gasteiger partial charge in [-0.1, -0.05) is 0 Å². The van der Waals surface area contributed by atoms with Crippen molar-refractivity contribution in [3.8, 4) is 23.3 Å². The molecule has 0 saturated carbocycles. The van der Waals surface area contributed by atoms with E-state index in [1.807, 2.05) is 0 Å². The summed E-state index contributed by atoms with van der Waals surface area (Å²) < 4.78 is 24.5. The van der Waals surface area contributed by atoms with Crippen LogP contribution in [0.2, 0.25) is 0 Å². The van der Waals surface area contributed by atoms with Crippen LogP contribution in [0.5, 0.6) is 17.2 Å². The van der Waals surface area contributed by atoms with Crippen molar-refractivity contribution in [2.24, 2.45) is 0 Å². The van der Waals surface area contributed by atoms with Gasteiger partial charge in [0, 0.05) is 9.64 Å². The molecule has 2 aromatic rings. The number of hydrogen-bond acceptors (Lipinski definition) is 3. The minimum atomic E-state index is -0.390. The SMILES string of the molecule is COc1cc(F)ccc1Oc1ccc(C#N)c(I)c1. The lowest BCUT2D eigenvalue weighted by Crippen LogP contribution is -1.92. The quantitative estimate of drug-likeness (QED) is 0.765. The van der Waals surface area contributed by atoms with Crippen LogP contribution in [-0.2, 0) is 0 Å². The van der Waals surface area contributed by atoms with Crippen LogP contribution in [0.3, 0.4) is 0 Å². The molecule has 2 aromatic carbocycles. The Labute approximate surface area is 123 Å². The maximum atomic E-state index is 13.1. The molecule has 0 heterocycles. The molecule has 0 aliphatic carbocycles. The first-order valence-electron chi connectivity index (χ1n) is 5.35. The van der Waals surface area contributed by atoms with Gasteiger partial charge in [-0.3, -0.25) is 0 Å². The van der Waals surface area contributed by atoms with Crippen molar-refractivity contribution in [2.45, 2.75) is 0 Å². The Kier molecular flexibility index (Phi) is 4.22. The van der Waals surface area contributed by atoms with Crippen LogP contribution in [0.1, 0.15) is 5.56 Å². The Morgan fingerprint density at radius 1 is 1.16 bits per heavy atom. The molecular formula is C14H9FINO2. The molecule has 2 rings (SSSR count). The van der Waals surface area contributed by atoms with Gasteiger partial charge in [0.05, 0.1) is 12.7 Å². The fourth-order valence-electron chi connectivity index (χ4n) is 1.50. The molecule has 0 aliphatic heterocycles. The highest BCUT2D eigenvalue weighted by atomic mass is 127. The number of halogens is 2. The summed E-state index contributed by atoms with van der Waals surface area (Å²) in [5.41, 5.74) is 0.582. The minimum Gasteiger partial charge on any atom is -0.493 e. The third-order valence-corrected chi connectivity index (χ3v) is 3.31. The first-order chi connectivity index (χ1) is 9.13. The molecule has 0 fully saturated rings. The van der Waals surface area contributed by atoms with Crippen molar-refractivity contribution in [2.75, 3.05) is 7.11 Å². The van der Waals surface area contributed by atoms with Crippen molar-refractivity contribution >= 4 is 22.6 Å². The van der Waals surface area contributed by atoms with Crippen LogP contribution in [-0.4, -0.2) is 7.11 Å². The highest BCUT2D eigenvalue weighted by molar-refractivity contribution is 14.1. The summed E-state index contributed by atoms with van der Waals surface area (Å²) in [4.78, 5) is 0. The monoisotopic (exact) mass is 369 g/mol. The molecule has 0 unspecified atom stereocenters. The summed E-state index contributed by atoms with van der Waals surface area (Å²) in [5, 5.41) is 8.85. The normalized spacial score (nSPS) is 9.79. The first kappa shape index (κ1) is 13.6. The summed E-state index contributed by atoms with van der Waals surface area (Å²) in [6, 6.07) is 11.2. The maximum absolute atomic E-state index is 13.1. The Morgan fingerprint density at radius 3 is 2.58 bits per heavy atom. The van der Waals surface area contributed by atoms with E-state index in [2.05, 4.69) is 28.7 Å². The average Bonchev–Trinajstić information content (AvgIpc) is 2.41. The molecule has 0 aliphatic rings. The molecule has 19 heavy (non-hydrogen) atoms. The number of ether oxygens (including phenoxy) is 2. The third-order valence-electron chi connectivity index (χ3n) is 2.41. The maximum Gasteiger partial charge on any atom is 0.169 e. The number of rotatable bonds is 3. The van der Waals surface area contributed by atoms with E-state index in [9.17, 15) is 4.39 Å². The van der Waals surface area contributed by atoms with Crippen molar-refractivity contribution in [3.63, 3.8) is 0 Å². The van der Waals surface area contributed by atoms with Gasteiger partial charge in [0.2, 0.25) is 0 Å². The van der Waals surface area contributed by atoms with Gasteiger partial charge in [-0.25, -0.2) is 4.39 Å². The van der Waals surface area contributed by atoms with Crippen LogP contribution in [0.25, 0.3) is 0 Å². The smallest absolute Gasteiger partial charge is 0.169 e. The lowest BCUT2D eigenvalue weighted by atomic mass is 10.2. The lowest BCUT2D eigenvalue weighted by Gasteiger charge is -2.10. The van der Waals surface area contributed by atoms with Crippen molar-refractivity contribution in [1.82, 2.24) is 0 Å². The molecule has 0 amide bonds. The van der Waals surface area contributed by atoms with Crippen LogP contribution in [0, 0.1) is 20.7 Å². The zero-order valence-corrected chi connectivity index (χ0v) is 12.1. The standard InChI is InChI=1S/C14H9FINO2/c1-18-14-6-10(15)3-5-13(14)19-11-4-2-9(8-17)12(16)7-11/h2-7H,1H3. The molecule has 0 atom stereocenters. The fraction of sp³-hybridized carbons (Fsp3) is 0.0714. The highest BCUT2D eigenvalue weighted by Gasteiger charge is 2.08. The zero-order chi connectivity index (χ0) is 13.8. The molecule has 3 nitrogen and oxygen atoms in total. The second-order valence-corrected chi connectivity index (χ2v) is 4.81. The molecule has 96 valence electrons. The van der Waals surface area contributed by atoms with E-state index < -0.39 is 5.82 Å². The van der Waals surface area contributed by atoms with Gasteiger partial charge in [-0.2, -0.15) is 5.26 Å². The summed E-state index contributed by atoms with van der Waals surface area (Å²) in [7, 11) is 1.45. The minimum absolute atomic E-state index is 0.319. The van der Waals surface area contributed by atoms with Gasteiger partial charge in [0.1, 0.15) is 17.6 Å². The zero-order valence-electron chi connectivity index (χ0n) is 9.98. The third kappa shape index (κ3) is 3.15. The molecule has 0 spiro atoms. The van der Waals surface area contributed by atoms with E-state index in [4.69, 9.17) is 14.7 Å². The summed E-state index contributed by atoms with van der Waals surface area (Å²) >= 11 is 2.06. The van der Waals surface area contributed by atoms with Crippen LogP contribution in [0.4, 0.5) is 4.39 Å². The van der Waals surface area contributed by atoms with E-state index >= 15 is 0 Å². The van der Waals surface area contributed by atoms with Gasteiger partial charge < -0.3 is 9.47 Å². The predicted octanol–water partition coefficient (Wildman–Crippen LogP) is 4.10. The van der Waals surface area contributed by atoms with Crippen LogP contribution in [0.15, 0.2) is 36.4 Å².